The molecule has 168 valence electrons. The zero-order valence-electron chi connectivity index (χ0n) is 18.1. The second-order valence-electron chi connectivity index (χ2n) is 8.18. The summed E-state index contributed by atoms with van der Waals surface area (Å²) >= 11 is 0. The molecule has 3 N–H and O–H groups in total. The minimum atomic E-state index is -0.248. The monoisotopic (exact) mass is 436 g/mol. The van der Waals surface area contributed by atoms with Crippen LogP contribution in [0.5, 0.6) is 5.75 Å². The summed E-state index contributed by atoms with van der Waals surface area (Å²) < 4.78 is 5.61. The molecule has 1 aliphatic rings. The molecule has 0 bridgehead atoms. The third-order valence-corrected chi connectivity index (χ3v) is 5.95. The van der Waals surface area contributed by atoms with Crippen molar-refractivity contribution < 1.29 is 14.3 Å². The third-order valence-electron chi connectivity index (χ3n) is 5.95. The van der Waals surface area contributed by atoms with Crippen molar-refractivity contribution in [3.05, 3.63) is 64.6 Å². The molecule has 2 aromatic carbocycles. The molecule has 0 aliphatic carbocycles. The van der Waals surface area contributed by atoms with Crippen molar-refractivity contribution in [2.45, 2.75) is 32.2 Å². The van der Waals surface area contributed by atoms with Crippen LogP contribution in [0.3, 0.4) is 0 Å². The summed E-state index contributed by atoms with van der Waals surface area (Å²) in [5, 5.41) is 3.07. The average molecular weight is 437 g/mol. The maximum Gasteiger partial charge on any atom is 0.323 e. The molecule has 1 unspecified atom stereocenters. The summed E-state index contributed by atoms with van der Waals surface area (Å²) in [5.74, 6) is 0.700. The molecule has 1 atom stereocenters. The van der Waals surface area contributed by atoms with E-state index in [1.807, 2.05) is 60.4 Å². The lowest BCUT2D eigenvalue weighted by Crippen LogP contribution is -2.43. The van der Waals surface area contributed by atoms with Gasteiger partial charge in [-0.05, 0) is 49.6 Å². The van der Waals surface area contributed by atoms with E-state index in [0.29, 0.717) is 39.0 Å². The fourth-order valence-electron chi connectivity index (χ4n) is 4.06. The number of benzene rings is 2. The molecule has 0 spiro atoms. The van der Waals surface area contributed by atoms with Crippen LogP contribution in [0.15, 0.2) is 53.3 Å². The number of aromatic nitrogens is 2. The SMILES string of the molecule is CC(NC(=O)C1CCN(C(=O)CCOc2ccccc2)CC1)c1ccc2[nH]c(=O)[nH]c2c1. The Morgan fingerprint density at radius 1 is 1.09 bits per heavy atom. The van der Waals surface area contributed by atoms with Crippen LogP contribution in [0.25, 0.3) is 11.0 Å². The molecule has 2 heterocycles. The van der Waals surface area contributed by atoms with Crippen molar-refractivity contribution in [2.24, 2.45) is 5.92 Å². The highest BCUT2D eigenvalue weighted by molar-refractivity contribution is 5.81. The van der Waals surface area contributed by atoms with Crippen molar-refractivity contribution in [3.8, 4) is 5.75 Å². The van der Waals surface area contributed by atoms with E-state index in [-0.39, 0.29) is 29.5 Å². The number of amides is 2. The van der Waals surface area contributed by atoms with Gasteiger partial charge in [-0.25, -0.2) is 4.79 Å². The highest BCUT2D eigenvalue weighted by atomic mass is 16.5. The van der Waals surface area contributed by atoms with E-state index < -0.39 is 0 Å². The predicted octanol–water partition coefficient (Wildman–Crippen LogP) is 2.74. The highest BCUT2D eigenvalue weighted by Gasteiger charge is 2.28. The number of carbonyl (C=O) groups excluding carboxylic acids is 2. The van der Waals surface area contributed by atoms with Crippen LogP contribution in [0.1, 0.15) is 37.8 Å². The topological polar surface area (TPSA) is 107 Å². The van der Waals surface area contributed by atoms with Crippen molar-refractivity contribution >= 4 is 22.8 Å². The van der Waals surface area contributed by atoms with Gasteiger partial charge < -0.3 is 24.9 Å². The summed E-state index contributed by atoms with van der Waals surface area (Å²) in [5.41, 5.74) is 2.13. The Bertz CT molecular complexity index is 1130. The molecule has 1 saturated heterocycles. The van der Waals surface area contributed by atoms with Gasteiger partial charge in [-0.2, -0.15) is 0 Å². The first-order valence-corrected chi connectivity index (χ1v) is 11.0. The fraction of sp³-hybridized carbons (Fsp3) is 0.375. The Labute approximate surface area is 186 Å². The zero-order valence-corrected chi connectivity index (χ0v) is 18.1. The molecule has 1 fully saturated rings. The van der Waals surface area contributed by atoms with Crippen LogP contribution >= 0.6 is 0 Å². The van der Waals surface area contributed by atoms with E-state index >= 15 is 0 Å². The lowest BCUT2D eigenvalue weighted by Gasteiger charge is -2.32. The molecule has 8 nitrogen and oxygen atoms in total. The highest BCUT2D eigenvalue weighted by Crippen LogP contribution is 2.21. The molecule has 0 saturated carbocycles. The number of carbonyl (C=O) groups is 2. The fourth-order valence-corrected chi connectivity index (χ4v) is 4.06. The Morgan fingerprint density at radius 2 is 1.81 bits per heavy atom. The summed E-state index contributed by atoms with van der Waals surface area (Å²) in [4.78, 5) is 43.9. The maximum atomic E-state index is 12.8. The number of hydrogen-bond donors (Lipinski definition) is 3. The second kappa shape index (κ2) is 9.72. The number of nitrogens with one attached hydrogen (secondary N) is 3. The summed E-state index contributed by atoms with van der Waals surface area (Å²) in [7, 11) is 0. The largest absolute Gasteiger partial charge is 0.493 e. The Hall–Kier alpha value is -3.55. The van der Waals surface area contributed by atoms with Crippen LogP contribution in [0.2, 0.25) is 0 Å². The van der Waals surface area contributed by atoms with Crippen molar-refractivity contribution in [3.63, 3.8) is 0 Å². The van der Waals surface area contributed by atoms with Gasteiger partial charge in [0.2, 0.25) is 11.8 Å². The van der Waals surface area contributed by atoms with Gasteiger partial charge in [0.1, 0.15) is 5.75 Å². The van der Waals surface area contributed by atoms with Crippen LogP contribution in [0.4, 0.5) is 0 Å². The summed E-state index contributed by atoms with van der Waals surface area (Å²) in [6.07, 6.45) is 1.62. The number of aromatic amines is 2. The molecule has 0 radical (unpaired) electrons. The number of H-pyrrole nitrogens is 2. The van der Waals surface area contributed by atoms with Crippen molar-refractivity contribution in [1.82, 2.24) is 20.2 Å². The quantitative estimate of drug-likeness (QED) is 0.529. The van der Waals surface area contributed by atoms with E-state index in [9.17, 15) is 14.4 Å². The molecule has 1 aromatic heterocycles. The molecule has 4 rings (SSSR count). The number of fused-ring (bicyclic) bond motifs is 1. The van der Waals surface area contributed by atoms with Crippen molar-refractivity contribution in [2.75, 3.05) is 19.7 Å². The molecular formula is C24H28N4O4. The third kappa shape index (κ3) is 5.19. The van der Waals surface area contributed by atoms with E-state index in [1.54, 1.807) is 0 Å². The molecule has 2 amide bonds. The molecule has 32 heavy (non-hydrogen) atoms. The minimum Gasteiger partial charge on any atom is -0.493 e. The van der Waals surface area contributed by atoms with Crippen molar-refractivity contribution in [1.29, 1.82) is 0 Å². The Morgan fingerprint density at radius 3 is 2.56 bits per heavy atom. The number of rotatable bonds is 7. The normalized spacial score (nSPS) is 15.5. The lowest BCUT2D eigenvalue weighted by atomic mass is 9.95. The second-order valence-corrected chi connectivity index (χ2v) is 8.18. The number of ether oxygens (including phenoxy) is 1. The predicted molar refractivity (Wildman–Crippen MR) is 121 cm³/mol. The standard InChI is InChI=1S/C24H28N4O4/c1-16(18-7-8-20-21(15-18)27-24(31)26-20)25-23(30)17-9-12-28(13-10-17)22(29)11-14-32-19-5-3-2-4-6-19/h2-8,15-17H,9-14H2,1H3,(H,25,30)(H2,26,27,31). The van der Waals surface area contributed by atoms with E-state index in [0.717, 1.165) is 22.3 Å². The van der Waals surface area contributed by atoms with Crippen LogP contribution in [0, 0.1) is 5.92 Å². The summed E-state index contributed by atoms with van der Waals surface area (Å²) in [6.45, 7) is 3.42. The lowest BCUT2D eigenvalue weighted by molar-refractivity contribution is -0.136. The maximum absolute atomic E-state index is 12.8. The number of hydrogen-bond acceptors (Lipinski definition) is 4. The van der Waals surface area contributed by atoms with E-state index in [2.05, 4.69) is 15.3 Å². The van der Waals surface area contributed by atoms with Gasteiger partial charge in [-0.3, -0.25) is 9.59 Å². The number of imidazole rings is 1. The average Bonchev–Trinajstić information content (AvgIpc) is 3.19. The first kappa shape index (κ1) is 21.7. The van der Waals surface area contributed by atoms with Gasteiger partial charge in [0, 0.05) is 19.0 Å². The zero-order chi connectivity index (χ0) is 22.5. The van der Waals surface area contributed by atoms with Crippen LogP contribution in [-0.4, -0.2) is 46.4 Å². The molecule has 8 heteroatoms. The van der Waals surface area contributed by atoms with Gasteiger partial charge in [-0.1, -0.05) is 24.3 Å². The number of piperidine rings is 1. The van der Waals surface area contributed by atoms with Gasteiger partial charge in [0.25, 0.3) is 0 Å². The Balaban J connectivity index is 1.22. The number of likely N-dealkylation sites (tertiary alicyclic amines) is 1. The molecular weight excluding hydrogens is 408 g/mol. The van der Waals surface area contributed by atoms with Gasteiger partial charge in [0.15, 0.2) is 0 Å². The number of nitrogens with zero attached hydrogens (tertiary/aromatic N) is 1. The van der Waals surface area contributed by atoms with Gasteiger partial charge >= 0.3 is 5.69 Å². The molecule has 1 aliphatic heterocycles. The first-order chi connectivity index (χ1) is 15.5. The number of para-hydroxylation sites is 1. The van der Waals surface area contributed by atoms with Crippen LogP contribution in [-0.2, 0) is 9.59 Å². The van der Waals surface area contributed by atoms with Crippen LogP contribution < -0.4 is 15.7 Å². The van der Waals surface area contributed by atoms with Gasteiger partial charge in [-0.15, -0.1) is 0 Å². The Kier molecular flexibility index (Phi) is 6.58. The smallest absolute Gasteiger partial charge is 0.323 e. The van der Waals surface area contributed by atoms with E-state index in [4.69, 9.17) is 4.74 Å². The molecule has 3 aromatic rings. The van der Waals surface area contributed by atoms with E-state index in [1.165, 1.54) is 0 Å². The minimum absolute atomic E-state index is 0.000307. The first-order valence-electron chi connectivity index (χ1n) is 11.0. The summed E-state index contributed by atoms with van der Waals surface area (Å²) in [6, 6.07) is 14.9. The van der Waals surface area contributed by atoms with Gasteiger partial charge in [0.05, 0.1) is 30.1 Å².